The highest BCUT2D eigenvalue weighted by Crippen LogP contribution is 2.33. The van der Waals surface area contributed by atoms with Gasteiger partial charge >= 0.3 is 0 Å². The average molecular weight is 408 g/mol. The Morgan fingerprint density at radius 2 is 1.97 bits per heavy atom. The molecular formula is C21H14ClN3O4. The van der Waals surface area contributed by atoms with Crippen LogP contribution < -0.4 is 5.32 Å². The Morgan fingerprint density at radius 3 is 2.66 bits per heavy atom. The Balaban J connectivity index is 1.80. The number of hydrogen-bond donors (Lipinski definition) is 1. The quantitative estimate of drug-likeness (QED) is 0.275. The molecule has 0 saturated heterocycles. The summed E-state index contributed by atoms with van der Waals surface area (Å²) in [6.07, 6.45) is 1.28. The minimum Gasteiger partial charge on any atom is -0.456 e. The molecule has 144 valence electrons. The van der Waals surface area contributed by atoms with Crippen molar-refractivity contribution in [3.8, 4) is 17.4 Å². The van der Waals surface area contributed by atoms with E-state index in [2.05, 4.69) is 5.32 Å². The van der Waals surface area contributed by atoms with Gasteiger partial charge in [-0.3, -0.25) is 14.9 Å². The lowest BCUT2D eigenvalue weighted by molar-refractivity contribution is -0.384. The molecule has 0 bridgehead atoms. The van der Waals surface area contributed by atoms with Crippen LogP contribution in [0.2, 0.25) is 5.02 Å². The van der Waals surface area contributed by atoms with E-state index in [1.807, 2.05) is 36.4 Å². The fraction of sp³-hybridized carbons (Fsp3) is 0.0476. The maximum absolute atomic E-state index is 12.3. The van der Waals surface area contributed by atoms with Gasteiger partial charge in [-0.05, 0) is 29.8 Å². The zero-order valence-electron chi connectivity index (χ0n) is 15.0. The van der Waals surface area contributed by atoms with Gasteiger partial charge in [-0.1, -0.05) is 41.9 Å². The number of carbonyl (C=O) groups is 1. The molecule has 3 aromatic rings. The number of rotatable bonds is 6. The highest BCUT2D eigenvalue weighted by Gasteiger charge is 2.19. The molecule has 29 heavy (non-hydrogen) atoms. The van der Waals surface area contributed by atoms with Crippen molar-refractivity contribution >= 4 is 29.3 Å². The van der Waals surface area contributed by atoms with Gasteiger partial charge in [0, 0.05) is 23.7 Å². The van der Waals surface area contributed by atoms with Crippen LogP contribution in [0.5, 0.6) is 0 Å². The monoisotopic (exact) mass is 407 g/mol. The fourth-order valence-electron chi connectivity index (χ4n) is 2.60. The van der Waals surface area contributed by atoms with Gasteiger partial charge in [0.05, 0.1) is 10.5 Å². The Labute approximate surface area is 171 Å². The number of amides is 1. The normalized spacial score (nSPS) is 11.0. The van der Waals surface area contributed by atoms with E-state index in [0.29, 0.717) is 0 Å². The molecule has 8 heteroatoms. The first-order valence-corrected chi connectivity index (χ1v) is 8.84. The number of nitrogens with zero attached hydrogens (tertiary/aromatic N) is 2. The molecule has 1 amide bonds. The van der Waals surface area contributed by atoms with Crippen LogP contribution in [0, 0.1) is 21.4 Å². The van der Waals surface area contributed by atoms with Crippen molar-refractivity contribution in [1.29, 1.82) is 5.26 Å². The van der Waals surface area contributed by atoms with E-state index in [-0.39, 0.29) is 39.9 Å². The summed E-state index contributed by atoms with van der Waals surface area (Å²) in [6.45, 7) is 0.277. The third kappa shape index (κ3) is 4.89. The molecule has 0 atom stereocenters. The van der Waals surface area contributed by atoms with Crippen molar-refractivity contribution < 1.29 is 14.1 Å². The van der Waals surface area contributed by atoms with Crippen LogP contribution in [-0.2, 0) is 11.3 Å². The standard InChI is InChI=1S/C21H14ClN3O4/c22-16-6-8-18(19(11-16)25(27)28)20-9-7-17(29-20)10-15(12-23)21(26)24-13-14-4-2-1-3-5-14/h1-11H,13H2,(H,24,26)/b15-10+. The smallest absolute Gasteiger partial charge is 0.281 e. The van der Waals surface area contributed by atoms with Crippen molar-refractivity contribution in [3.63, 3.8) is 0 Å². The summed E-state index contributed by atoms with van der Waals surface area (Å²) >= 11 is 5.82. The van der Waals surface area contributed by atoms with Gasteiger partial charge in [0.1, 0.15) is 23.2 Å². The maximum Gasteiger partial charge on any atom is 0.281 e. The molecular weight excluding hydrogens is 394 g/mol. The van der Waals surface area contributed by atoms with Crippen LogP contribution >= 0.6 is 11.6 Å². The summed E-state index contributed by atoms with van der Waals surface area (Å²) in [5.74, 6) is -0.107. The van der Waals surface area contributed by atoms with Crippen molar-refractivity contribution in [2.24, 2.45) is 0 Å². The van der Waals surface area contributed by atoms with Gasteiger partial charge in [0.25, 0.3) is 11.6 Å². The van der Waals surface area contributed by atoms with Gasteiger partial charge in [-0.15, -0.1) is 0 Å². The minimum atomic E-state index is -0.559. The van der Waals surface area contributed by atoms with Gasteiger partial charge < -0.3 is 9.73 Å². The molecule has 0 saturated carbocycles. The summed E-state index contributed by atoms with van der Waals surface area (Å²) in [5, 5.41) is 23.4. The molecule has 0 spiro atoms. The molecule has 0 unspecified atom stereocenters. The number of carbonyl (C=O) groups excluding carboxylic acids is 1. The van der Waals surface area contributed by atoms with Crippen LogP contribution in [0.15, 0.2) is 70.7 Å². The van der Waals surface area contributed by atoms with Gasteiger partial charge in [-0.25, -0.2) is 0 Å². The first-order chi connectivity index (χ1) is 14.0. The number of nitro benzene ring substituents is 1. The predicted octanol–water partition coefficient (Wildman–Crippen LogP) is 4.73. The summed E-state index contributed by atoms with van der Waals surface area (Å²) in [4.78, 5) is 23.0. The van der Waals surface area contributed by atoms with Gasteiger partial charge in [-0.2, -0.15) is 5.26 Å². The highest BCUT2D eigenvalue weighted by molar-refractivity contribution is 6.30. The zero-order chi connectivity index (χ0) is 20.8. The number of hydrogen-bond acceptors (Lipinski definition) is 5. The first-order valence-electron chi connectivity index (χ1n) is 8.46. The second-order valence-electron chi connectivity index (χ2n) is 5.96. The lowest BCUT2D eigenvalue weighted by atomic mass is 10.1. The number of benzene rings is 2. The first kappa shape index (κ1) is 19.9. The maximum atomic E-state index is 12.3. The van der Waals surface area contributed by atoms with E-state index >= 15 is 0 Å². The van der Waals surface area contributed by atoms with Crippen molar-refractivity contribution in [3.05, 3.63) is 92.7 Å². The number of furan rings is 1. The third-order valence-electron chi connectivity index (χ3n) is 4.00. The molecule has 0 aliphatic heterocycles. The second-order valence-corrected chi connectivity index (χ2v) is 6.40. The van der Waals surface area contributed by atoms with Gasteiger partial charge in [0.15, 0.2) is 0 Å². The Bertz CT molecular complexity index is 1130. The topological polar surface area (TPSA) is 109 Å². The molecule has 1 N–H and O–H groups in total. The summed E-state index contributed by atoms with van der Waals surface area (Å²) in [6, 6.07) is 18.4. The van der Waals surface area contributed by atoms with E-state index in [9.17, 15) is 20.2 Å². The van der Waals surface area contributed by atoms with Crippen LogP contribution in [0.1, 0.15) is 11.3 Å². The van der Waals surface area contributed by atoms with Crippen molar-refractivity contribution in [1.82, 2.24) is 5.32 Å². The largest absolute Gasteiger partial charge is 0.456 e. The van der Waals surface area contributed by atoms with E-state index in [4.69, 9.17) is 16.0 Å². The van der Waals surface area contributed by atoms with Crippen molar-refractivity contribution in [2.45, 2.75) is 6.54 Å². The SMILES string of the molecule is N#C/C(=C\c1ccc(-c2ccc(Cl)cc2[N+](=O)[O-])o1)C(=O)NCc1ccccc1. The molecule has 7 nitrogen and oxygen atoms in total. The molecule has 2 aromatic carbocycles. The van der Waals surface area contributed by atoms with E-state index < -0.39 is 10.8 Å². The molecule has 0 radical (unpaired) electrons. The molecule has 0 aliphatic carbocycles. The minimum absolute atomic E-state index is 0.146. The second kappa shape index (κ2) is 8.87. The average Bonchev–Trinajstić information content (AvgIpc) is 3.19. The predicted molar refractivity (Wildman–Crippen MR) is 108 cm³/mol. The number of halogens is 1. The number of nitriles is 1. The Morgan fingerprint density at radius 1 is 1.21 bits per heavy atom. The molecule has 1 aromatic heterocycles. The summed E-state index contributed by atoms with van der Waals surface area (Å²) < 4.78 is 5.59. The Kier molecular flexibility index (Phi) is 6.07. The zero-order valence-corrected chi connectivity index (χ0v) is 15.7. The van der Waals surface area contributed by atoms with Crippen molar-refractivity contribution in [2.75, 3.05) is 0 Å². The molecule has 3 rings (SSSR count). The number of nitro groups is 1. The molecule has 0 aliphatic rings. The van der Waals surface area contributed by atoms with Crippen LogP contribution in [0.3, 0.4) is 0 Å². The lowest BCUT2D eigenvalue weighted by Gasteiger charge is -2.04. The summed E-state index contributed by atoms with van der Waals surface area (Å²) in [5.41, 5.74) is 0.787. The van der Waals surface area contributed by atoms with E-state index in [1.54, 1.807) is 0 Å². The fourth-order valence-corrected chi connectivity index (χ4v) is 2.77. The van der Waals surface area contributed by atoms with Crippen LogP contribution in [0.25, 0.3) is 17.4 Å². The highest BCUT2D eigenvalue weighted by atomic mass is 35.5. The lowest BCUT2D eigenvalue weighted by Crippen LogP contribution is -2.23. The third-order valence-corrected chi connectivity index (χ3v) is 4.23. The van der Waals surface area contributed by atoms with E-state index in [1.165, 1.54) is 36.4 Å². The molecule has 0 fully saturated rings. The van der Waals surface area contributed by atoms with E-state index in [0.717, 1.165) is 5.56 Å². The number of nitrogens with one attached hydrogen (secondary N) is 1. The summed E-state index contributed by atoms with van der Waals surface area (Å²) in [7, 11) is 0. The molecule has 1 heterocycles. The van der Waals surface area contributed by atoms with Gasteiger partial charge in [0.2, 0.25) is 0 Å². The Hall–Kier alpha value is -3.89. The van der Waals surface area contributed by atoms with Crippen LogP contribution in [-0.4, -0.2) is 10.8 Å². The van der Waals surface area contributed by atoms with Crippen LogP contribution in [0.4, 0.5) is 5.69 Å².